The number of Topliss-reactive ketones (excluding diaryl/α,β-unsaturated/α-hetero) is 2. The molecule has 1 saturated carbocycles. The molecule has 10 atom stereocenters. The lowest BCUT2D eigenvalue weighted by atomic mass is 9.54. The van der Waals surface area contributed by atoms with Gasteiger partial charge in [-0.05, 0) is 11.1 Å². The summed E-state index contributed by atoms with van der Waals surface area (Å²) in [4.78, 5) is 29.2. The quantitative estimate of drug-likeness (QED) is 0.373. The number of hydrogen-bond acceptors (Lipinski definition) is 4. The molecule has 0 radical (unpaired) electrons. The summed E-state index contributed by atoms with van der Waals surface area (Å²) in [7, 11) is -6.44. The van der Waals surface area contributed by atoms with E-state index in [2.05, 4.69) is 103 Å². The number of ketones is 2. The molecular formula is C34H50O4Si4. The molecule has 4 aliphatic heterocycles. The van der Waals surface area contributed by atoms with Gasteiger partial charge in [-0.25, -0.2) is 0 Å². The first-order valence-corrected chi connectivity index (χ1v) is 30.2. The first-order valence-electron chi connectivity index (χ1n) is 16.2. The zero-order valence-electron chi connectivity index (χ0n) is 27.7. The Morgan fingerprint density at radius 1 is 0.500 bits per heavy atom. The van der Waals surface area contributed by atoms with E-state index in [1.165, 1.54) is 21.5 Å². The normalized spacial score (nSPS) is 38.7. The van der Waals surface area contributed by atoms with Gasteiger partial charge in [-0.1, -0.05) is 124 Å². The molecule has 7 rings (SSSR count). The molecule has 4 bridgehead atoms. The van der Waals surface area contributed by atoms with Gasteiger partial charge in [-0.15, -0.1) is 0 Å². The van der Waals surface area contributed by atoms with Crippen molar-refractivity contribution in [1.82, 2.24) is 0 Å². The fraction of sp³-hybridized carbons (Fsp3) is 0.647. The third kappa shape index (κ3) is 3.93. The average molecular weight is 635 g/mol. The van der Waals surface area contributed by atoms with Crippen molar-refractivity contribution in [2.24, 2.45) is 35.5 Å². The van der Waals surface area contributed by atoms with Gasteiger partial charge in [0.05, 0.1) is 80.4 Å². The Balaban J connectivity index is 1.30. The highest BCUT2D eigenvalue weighted by molar-refractivity contribution is 6.98. The monoisotopic (exact) mass is 634 g/mol. The van der Waals surface area contributed by atoms with Crippen LogP contribution in [0.3, 0.4) is 0 Å². The SMILES string of the molecule is C[Si](C)(C)C1=CC2C(C=C1[Si](C)(C)C)[C@@H]1O[C@H]2[C@H]2C(=O)[C@H]3[C@@H](C(=O)[C@H]21)[C@@H]1O[C@H]3c2cc([Si](C)(C)C)c([Si](C)(C)C)cc21. The number of rotatable bonds is 4. The molecule has 8 heteroatoms. The number of carbonyl (C=O) groups is 2. The molecular weight excluding hydrogens is 585 g/mol. The highest BCUT2D eigenvalue weighted by Crippen LogP contribution is 2.65. The van der Waals surface area contributed by atoms with Crippen LogP contribution in [0, 0.1) is 35.5 Å². The second kappa shape index (κ2) is 8.75. The van der Waals surface area contributed by atoms with Crippen LogP contribution in [-0.2, 0) is 19.1 Å². The van der Waals surface area contributed by atoms with Crippen molar-refractivity contribution in [3.63, 3.8) is 0 Å². The van der Waals surface area contributed by atoms with Gasteiger partial charge in [0.15, 0.2) is 0 Å². The lowest BCUT2D eigenvalue weighted by Crippen LogP contribution is -2.58. The van der Waals surface area contributed by atoms with Gasteiger partial charge < -0.3 is 9.47 Å². The molecule has 226 valence electrons. The van der Waals surface area contributed by atoms with Crippen LogP contribution in [0.4, 0.5) is 0 Å². The van der Waals surface area contributed by atoms with E-state index in [-0.39, 0.29) is 71.5 Å². The molecule has 0 amide bonds. The van der Waals surface area contributed by atoms with Gasteiger partial charge in [0.1, 0.15) is 11.6 Å². The third-order valence-electron chi connectivity index (χ3n) is 11.3. The molecule has 0 N–H and O–H groups in total. The number of ether oxygens (including phenoxy) is 2. The standard InChI is InChI=1S/C34H50O4Si4/c1-39(2,3)21-13-17-18(14-22(21)40(4,5)6)32-26-25(31(17)37-32)29(35)27-28(30(26)36)34-20-16-24(42(10,11)12)23(41(7,8)9)15-19(20)33(27)38-34/h13-18,25-28,31-34H,1-12H3/t17?,18?,25-,26+,27-,28+,31-,32+,33+,34-. The Hall–Kier alpha value is -1.17. The largest absolute Gasteiger partial charge is 0.372 e. The van der Waals surface area contributed by atoms with E-state index in [4.69, 9.17) is 9.47 Å². The molecule has 1 aromatic carbocycles. The van der Waals surface area contributed by atoms with Gasteiger partial charge in [0.2, 0.25) is 0 Å². The summed E-state index contributed by atoms with van der Waals surface area (Å²) in [5.74, 6) is -0.457. The van der Waals surface area contributed by atoms with E-state index in [1.807, 2.05) is 0 Å². The van der Waals surface area contributed by atoms with Crippen LogP contribution in [0.1, 0.15) is 23.3 Å². The maximum absolute atomic E-state index is 14.6. The fourth-order valence-corrected chi connectivity index (χ4v) is 20.1. The van der Waals surface area contributed by atoms with Crippen molar-refractivity contribution in [3.05, 3.63) is 45.8 Å². The second-order valence-electron chi connectivity index (χ2n) is 18.3. The minimum absolute atomic E-state index is 0.182. The van der Waals surface area contributed by atoms with Crippen LogP contribution in [0.5, 0.6) is 0 Å². The number of hydrogen-bond donors (Lipinski definition) is 0. The lowest BCUT2D eigenvalue weighted by Gasteiger charge is -2.46. The third-order valence-corrected chi connectivity index (χ3v) is 20.0. The van der Waals surface area contributed by atoms with E-state index < -0.39 is 32.3 Å². The van der Waals surface area contributed by atoms with E-state index >= 15 is 0 Å². The van der Waals surface area contributed by atoms with Crippen molar-refractivity contribution in [3.8, 4) is 0 Å². The molecule has 1 aromatic rings. The summed E-state index contributed by atoms with van der Waals surface area (Å²) >= 11 is 0. The van der Waals surface area contributed by atoms with Crippen molar-refractivity contribution < 1.29 is 19.1 Å². The molecule has 4 fully saturated rings. The predicted octanol–water partition coefficient (Wildman–Crippen LogP) is 6.15. The number of allylic oxidation sites excluding steroid dienone is 2. The summed E-state index contributed by atoms with van der Waals surface area (Å²) in [5, 5.41) is 6.17. The predicted molar refractivity (Wildman–Crippen MR) is 181 cm³/mol. The van der Waals surface area contributed by atoms with Crippen LogP contribution in [0.2, 0.25) is 78.6 Å². The molecule has 3 saturated heterocycles. The molecule has 0 aromatic heterocycles. The topological polar surface area (TPSA) is 52.6 Å². The van der Waals surface area contributed by atoms with Crippen LogP contribution in [0.15, 0.2) is 34.7 Å². The van der Waals surface area contributed by atoms with Gasteiger partial charge in [0, 0.05) is 11.8 Å². The van der Waals surface area contributed by atoms with Crippen molar-refractivity contribution >= 4 is 54.2 Å². The zero-order valence-corrected chi connectivity index (χ0v) is 31.7. The fourth-order valence-electron chi connectivity index (χ4n) is 9.52. The molecule has 42 heavy (non-hydrogen) atoms. The first-order chi connectivity index (χ1) is 19.2. The van der Waals surface area contributed by atoms with Crippen molar-refractivity contribution in [1.29, 1.82) is 0 Å². The smallest absolute Gasteiger partial charge is 0.146 e. The highest BCUT2D eigenvalue weighted by atomic mass is 28.3. The summed E-state index contributed by atoms with van der Waals surface area (Å²) in [6.45, 7) is 29.2. The van der Waals surface area contributed by atoms with E-state index in [1.54, 1.807) is 10.4 Å². The van der Waals surface area contributed by atoms with Crippen molar-refractivity contribution in [2.75, 3.05) is 0 Å². The number of carbonyl (C=O) groups excluding carboxylic acids is 2. The lowest BCUT2D eigenvalue weighted by molar-refractivity contribution is -0.148. The van der Waals surface area contributed by atoms with Crippen molar-refractivity contribution in [2.45, 2.75) is 103 Å². The Morgan fingerprint density at radius 2 is 0.857 bits per heavy atom. The summed E-state index contributed by atoms with van der Waals surface area (Å²) < 4.78 is 13.5. The minimum atomic E-state index is -1.62. The number of fused-ring (bicyclic) bond motifs is 16. The maximum atomic E-state index is 14.6. The van der Waals surface area contributed by atoms with Gasteiger partial charge in [0.25, 0.3) is 0 Å². The number of benzene rings is 1. The molecule has 4 heterocycles. The highest BCUT2D eigenvalue weighted by Gasteiger charge is 2.72. The summed E-state index contributed by atoms with van der Waals surface area (Å²) in [6, 6.07) is 4.83. The summed E-state index contributed by atoms with van der Waals surface area (Å²) in [6.07, 6.45) is 4.12. The van der Waals surface area contributed by atoms with Gasteiger partial charge in [-0.3, -0.25) is 9.59 Å². The summed E-state index contributed by atoms with van der Waals surface area (Å²) in [5.41, 5.74) is 2.40. The van der Waals surface area contributed by atoms with Crippen LogP contribution >= 0.6 is 0 Å². The van der Waals surface area contributed by atoms with Gasteiger partial charge in [-0.2, -0.15) is 0 Å². The zero-order chi connectivity index (χ0) is 30.6. The molecule has 0 spiro atoms. The van der Waals surface area contributed by atoms with E-state index in [0.717, 1.165) is 0 Å². The Labute approximate surface area is 256 Å². The van der Waals surface area contributed by atoms with Gasteiger partial charge >= 0.3 is 0 Å². The van der Waals surface area contributed by atoms with E-state index in [0.29, 0.717) is 0 Å². The Kier molecular flexibility index (Phi) is 6.15. The first kappa shape index (κ1) is 29.5. The van der Waals surface area contributed by atoms with Crippen LogP contribution in [-0.4, -0.2) is 56.1 Å². The van der Waals surface area contributed by atoms with E-state index in [9.17, 15) is 9.59 Å². The molecule has 4 nitrogen and oxygen atoms in total. The van der Waals surface area contributed by atoms with Crippen LogP contribution < -0.4 is 10.4 Å². The Bertz CT molecular complexity index is 1370. The second-order valence-corrected chi connectivity index (χ2v) is 38.4. The maximum Gasteiger partial charge on any atom is 0.146 e. The molecule has 6 aliphatic rings. The van der Waals surface area contributed by atoms with Crippen LogP contribution in [0.25, 0.3) is 0 Å². The molecule has 2 aliphatic carbocycles. The molecule has 2 unspecified atom stereocenters. The minimum Gasteiger partial charge on any atom is -0.372 e. The Morgan fingerprint density at radius 3 is 1.17 bits per heavy atom. The average Bonchev–Trinajstić information content (AvgIpc) is 3.61.